The number of thiocarbonyl (C=S) groups is 1. The van der Waals surface area contributed by atoms with Gasteiger partial charge in [0, 0.05) is 18.8 Å². The Hall–Kier alpha value is -3.18. The van der Waals surface area contributed by atoms with Gasteiger partial charge in [0.15, 0.2) is 10.9 Å². The SMILES string of the molecule is CC1=C(C(=O)Nc2cc(C)on2)C(c2cccc(C#N)c2)NC(=S)N1C. The minimum atomic E-state index is -0.472. The Morgan fingerprint density at radius 1 is 1.42 bits per heavy atom. The molecule has 26 heavy (non-hydrogen) atoms. The van der Waals surface area contributed by atoms with E-state index in [-0.39, 0.29) is 5.91 Å². The van der Waals surface area contributed by atoms with Crippen molar-refractivity contribution in [2.75, 3.05) is 12.4 Å². The number of amides is 1. The van der Waals surface area contributed by atoms with E-state index >= 15 is 0 Å². The molecule has 2 heterocycles. The largest absolute Gasteiger partial charge is 0.360 e. The molecule has 1 amide bonds. The van der Waals surface area contributed by atoms with E-state index in [1.807, 2.05) is 13.0 Å². The van der Waals surface area contributed by atoms with Crippen molar-refractivity contribution in [3.63, 3.8) is 0 Å². The number of hydrogen-bond acceptors (Lipinski definition) is 5. The normalized spacial score (nSPS) is 16.9. The molecule has 1 aromatic carbocycles. The van der Waals surface area contributed by atoms with Gasteiger partial charge in [0.25, 0.3) is 5.91 Å². The van der Waals surface area contributed by atoms with E-state index in [0.717, 1.165) is 11.3 Å². The predicted octanol–water partition coefficient (Wildman–Crippen LogP) is 2.63. The molecule has 0 radical (unpaired) electrons. The average molecular weight is 367 g/mol. The zero-order valence-electron chi connectivity index (χ0n) is 14.5. The summed E-state index contributed by atoms with van der Waals surface area (Å²) < 4.78 is 5.00. The maximum atomic E-state index is 13.0. The minimum absolute atomic E-state index is 0.315. The molecule has 8 heteroatoms. The summed E-state index contributed by atoms with van der Waals surface area (Å²) in [7, 11) is 1.79. The molecule has 0 spiro atoms. The zero-order valence-corrected chi connectivity index (χ0v) is 15.3. The molecule has 2 aromatic rings. The van der Waals surface area contributed by atoms with Crippen molar-refractivity contribution < 1.29 is 9.32 Å². The van der Waals surface area contributed by atoms with Crippen LogP contribution in [0.4, 0.5) is 5.82 Å². The quantitative estimate of drug-likeness (QED) is 0.805. The van der Waals surface area contributed by atoms with E-state index in [4.69, 9.17) is 22.0 Å². The molecule has 1 aliphatic rings. The number of benzene rings is 1. The van der Waals surface area contributed by atoms with Crippen LogP contribution in [0.3, 0.4) is 0 Å². The number of aryl methyl sites for hydroxylation is 1. The van der Waals surface area contributed by atoms with Crippen LogP contribution in [-0.2, 0) is 4.79 Å². The zero-order chi connectivity index (χ0) is 18.8. The number of nitrogens with one attached hydrogen (secondary N) is 2. The Morgan fingerprint density at radius 3 is 2.85 bits per heavy atom. The van der Waals surface area contributed by atoms with E-state index < -0.39 is 6.04 Å². The number of carbonyl (C=O) groups is 1. The fraction of sp³-hybridized carbons (Fsp3) is 0.222. The van der Waals surface area contributed by atoms with Gasteiger partial charge < -0.3 is 20.1 Å². The number of rotatable bonds is 3. The number of nitriles is 1. The van der Waals surface area contributed by atoms with Crippen LogP contribution in [0.25, 0.3) is 0 Å². The van der Waals surface area contributed by atoms with Crippen LogP contribution < -0.4 is 10.6 Å². The van der Waals surface area contributed by atoms with Crippen molar-refractivity contribution in [3.05, 3.63) is 58.5 Å². The second-order valence-electron chi connectivity index (χ2n) is 5.95. The van der Waals surface area contributed by atoms with Gasteiger partial charge in [-0.1, -0.05) is 17.3 Å². The summed E-state index contributed by atoms with van der Waals surface area (Å²) in [6.07, 6.45) is 0. The third-order valence-electron chi connectivity index (χ3n) is 4.22. The molecule has 0 saturated carbocycles. The third-order valence-corrected chi connectivity index (χ3v) is 4.61. The van der Waals surface area contributed by atoms with Crippen molar-refractivity contribution >= 4 is 29.1 Å². The van der Waals surface area contributed by atoms with Crippen LogP contribution in [0, 0.1) is 18.3 Å². The fourth-order valence-electron chi connectivity index (χ4n) is 2.78. The van der Waals surface area contributed by atoms with Crippen LogP contribution in [0.15, 0.2) is 46.1 Å². The molecule has 0 fully saturated rings. The fourth-order valence-corrected chi connectivity index (χ4v) is 3.03. The number of aromatic nitrogens is 1. The molecule has 2 N–H and O–H groups in total. The number of nitrogens with zero attached hydrogens (tertiary/aromatic N) is 3. The molecule has 0 saturated heterocycles. The first-order valence-electron chi connectivity index (χ1n) is 7.90. The predicted molar refractivity (Wildman–Crippen MR) is 100.0 cm³/mol. The summed E-state index contributed by atoms with van der Waals surface area (Å²) >= 11 is 5.37. The lowest BCUT2D eigenvalue weighted by Gasteiger charge is -2.35. The summed E-state index contributed by atoms with van der Waals surface area (Å²) in [5, 5.41) is 19.4. The van der Waals surface area contributed by atoms with Crippen LogP contribution in [-0.4, -0.2) is 28.1 Å². The highest BCUT2D eigenvalue weighted by Crippen LogP contribution is 2.31. The lowest BCUT2D eigenvalue weighted by molar-refractivity contribution is -0.113. The number of allylic oxidation sites excluding steroid dienone is 1. The van der Waals surface area contributed by atoms with E-state index in [1.54, 1.807) is 43.1 Å². The Balaban J connectivity index is 2.02. The van der Waals surface area contributed by atoms with Gasteiger partial charge in [0.1, 0.15) is 5.76 Å². The minimum Gasteiger partial charge on any atom is -0.360 e. The average Bonchev–Trinajstić information content (AvgIpc) is 3.03. The van der Waals surface area contributed by atoms with Gasteiger partial charge in [-0.2, -0.15) is 5.26 Å². The Labute approximate surface area is 156 Å². The molecule has 1 aromatic heterocycles. The molecule has 1 atom stereocenters. The van der Waals surface area contributed by atoms with Gasteiger partial charge >= 0.3 is 0 Å². The first-order chi connectivity index (χ1) is 12.4. The van der Waals surface area contributed by atoms with Crippen molar-refractivity contribution in [1.29, 1.82) is 5.26 Å². The number of hydrogen-bond donors (Lipinski definition) is 2. The number of anilines is 1. The molecular weight excluding hydrogens is 350 g/mol. The van der Waals surface area contributed by atoms with Gasteiger partial charge in [0.05, 0.1) is 23.2 Å². The van der Waals surface area contributed by atoms with Crippen molar-refractivity contribution in [3.8, 4) is 6.07 Å². The highest BCUT2D eigenvalue weighted by Gasteiger charge is 2.32. The summed E-state index contributed by atoms with van der Waals surface area (Å²) in [5.41, 5.74) is 2.51. The molecule has 0 aliphatic carbocycles. The van der Waals surface area contributed by atoms with Crippen molar-refractivity contribution in [1.82, 2.24) is 15.4 Å². The molecule has 1 unspecified atom stereocenters. The Morgan fingerprint density at radius 2 is 2.19 bits per heavy atom. The van der Waals surface area contributed by atoms with Gasteiger partial charge in [-0.15, -0.1) is 0 Å². The van der Waals surface area contributed by atoms with E-state index in [0.29, 0.717) is 27.8 Å². The molecule has 3 rings (SSSR count). The standard InChI is InChI=1S/C18H17N5O2S/c1-10-7-14(22-25-10)20-17(24)15-11(2)23(3)18(26)21-16(15)13-6-4-5-12(8-13)9-19/h4-8,16H,1-3H3,(H,21,26)(H,20,22,24). The molecular formula is C18H17N5O2S. The topological polar surface area (TPSA) is 94.2 Å². The van der Waals surface area contributed by atoms with Crippen LogP contribution in [0.2, 0.25) is 0 Å². The maximum absolute atomic E-state index is 13.0. The van der Waals surface area contributed by atoms with Crippen molar-refractivity contribution in [2.24, 2.45) is 0 Å². The molecule has 132 valence electrons. The highest BCUT2D eigenvalue weighted by molar-refractivity contribution is 7.80. The Bertz CT molecular complexity index is 956. The first-order valence-corrected chi connectivity index (χ1v) is 8.31. The summed E-state index contributed by atoms with van der Waals surface area (Å²) in [6.45, 7) is 3.58. The lowest BCUT2D eigenvalue weighted by Crippen LogP contribution is -2.46. The smallest absolute Gasteiger partial charge is 0.257 e. The molecule has 1 aliphatic heterocycles. The van der Waals surface area contributed by atoms with Crippen molar-refractivity contribution in [2.45, 2.75) is 19.9 Å². The molecule has 7 nitrogen and oxygen atoms in total. The highest BCUT2D eigenvalue weighted by atomic mass is 32.1. The van der Waals surface area contributed by atoms with Crippen LogP contribution in [0.1, 0.15) is 29.9 Å². The summed E-state index contributed by atoms with van der Waals surface area (Å²) in [5.74, 6) is 0.627. The van der Waals surface area contributed by atoms with E-state index in [2.05, 4.69) is 21.9 Å². The first kappa shape index (κ1) is 17.6. The van der Waals surface area contributed by atoms with Gasteiger partial charge in [-0.3, -0.25) is 4.79 Å². The maximum Gasteiger partial charge on any atom is 0.257 e. The second-order valence-corrected chi connectivity index (χ2v) is 6.34. The van der Waals surface area contributed by atoms with Crippen LogP contribution >= 0.6 is 12.2 Å². The van der Waals surface area contributed by atoms with E-state index in [9.17, 15) is 4.79 Å². The monoisotopic (exact) mass is 367 g/mol. The summed E-state index contributed by atoms with van der Waals surface area (Å²) in [6, 6.07) is 10.4. The van der Waals surface area contributed by atoms with Crippen LogP contribution in [0.5, 0.6) is 0 Å². The van der Waals surface area contributed by atoms with Gasteiger partial charge in [-0.05, 0) is 43.8 Å². The lowest BCUT2D eigenvalue weighted by atomic mass is 9.93. The van der Waals surface area contributed by atoms with Gasteiger partial charge in [0.2, 0.25) is 0 Å². The summed E-state index contributed by atoms with van der Waals surface area (Å²) in [4.78, 5) is 14.7. The molecule has 0 bridgehead atoms. The Kier molecular flexibility index (Phi) is 4.73. The second kappa shape index (κ2) is 6.98. The van der Waals surface area contributed by atoms with E-state index in [1.165, 1.54) is 0 Å². The van der Waals surface area contributed by atoms with Gasteiger partial charge in [-0.25, -0.2) is 0 Å². The third kappa shape index (κ3) is 3.30. The number of carbonyl (C=O) groups excluding carboxylic acids is 1.